The predicted molar refractivity (Wildman–Crippen MR) is 89.8 cm³/mol. The second kappa shape index (κ2) is 6.62. The monoisotopic (exact) mass is 345 g/mol. The Morgan fingerprint density at radius 2 is 2.08 bits per heavy atom. The van der Waals surface area contributed by atoms with Crippen LogP contribution < -0.4 is 15.4 Å². The standard InChI is InChI=1S/C14H15N7O2S/c1-8-15-6-4-10(16-8)19-14(22)23-12-13(24-9(2)17-12)18-11-5-7-21(3)20-11/h4-7H,1-3H3,(H,18,20)(H,15,16,19,22). The van der Waals surface area contributed by atoms with Crippen molar-refractivity contribution >= 4 is 34.1 Å². The van der Waals surface area contributed by atoms with E-state index in [-0.39, 0.29) is 5.88 Å². The van der Waals surface area contributed by atoms with Crippen molar-refractivity contribution in [1.29, 1.82) is 0 Å². The molecular weight excluding hydrogens is 330 g/mol. The molecule has 24 heavy (non-hydrogen) atoms. The third-order valence-electron chi connectivity index (χ3n) is 2.85. The molecule has 0 bridgehead atoms. The van der Waals surface area contributed by atoms with Gasteiger partial charge >= 0.3 is 6.09 Å². The van der Waals surface area contributed by atoms with E-state index >= 15 is 0 Å². The zero-order valence-electron chi connectivity index (χ0n) is 13.3. The first-order valence-electron chi connectivity index (χ1n) is 7.02. The van der Waals surface area contributed by atoms with Crippen molar-refractivity contribution in [2.45, 2.75) is 13.8 Å². The Morgan fingerprint density at radius 1 is 1.25 bits per heavy atom. The molecule has 0 spiro atoms. The minimum absolute atomic E-state index is 0.187. The van der Waals surface area contributed by atoms with E-state index in [1.54, 1.807) is 30.1 Å². The van der Waals surface area contributed by atoms with Gasteiger partial charge in [-0.25, -0.2) is 19.7 Å². The second-order valence-corrected chi connectivity index (χ2v) is 6.07. The number of ether oxygens (including phenoxy) is 1. The van der Waals surface area contributed by atoms with E-state index in [0.717, 1.165) is 5.01 Å². The smallest absolute Gasteiger partial charge is 0.388 e. The van der Waals surface area contributed by atoms with Gasteiger partial charge in [0.1, 0.15) is 11.6 Å². The van der Waals surface area contributed by atoms with Gasteiger partial charge in [0.25, 0.3) is 5.88 Å². The number of thiazole rings is 1. The average Bonchev–Trinajstić information content (AvgIpc) is 3.05. The number of nitrogens with one attached hydrogen (secondary N) is 2. The van der Waals surface area contributed by atoms with Crippen molar-refractivity contribution in [3.63, 3.8) is 0 Å². The number of aryl methyl sites for hydroxylation is 3. The summed E-state index contributed by atoms with van der Waals surface area (Å²) in [5.41, 5.74) is 0. The van der Waals surface area contributed by atoms with Crippen LogP contribution >= 0.6 is 11.3 Å². The fraction of sp³-hybridized carbons (Fsp3) is 0.214. The fourth-order valence-corrected chi connectivity index (χ4v) is 2.65. The van der Waals surface area contributed by atoms with Gasteiger partial charge in [-0.3, -0.25) is 10.00 Å². The van der Waals surface area contributed by atoms with Gasteiger partial charge in [-0.1, -0.05) is 11.3 Å². The highest BCUT2D eigenvalue weighted by Gasteiger charge is 2.16. The van der Waals surface area contributed by atoms with Crippen LogP contribution in [0.2, 0.25) is 0 Å². The lowest BCUT2D eigenvalue weighted by atomic mass is 10.5. The Hall–Kier alpha value is -3.01. The number of nitrogens with zero attached hydrogens (tertiary/aromatic N) is 5. The lowest BCUT2D eigenvalue weighted by molar-refractivity contribution is 0.213. The van der Waals surface area contributed by atoms with E-state index in [1.807, 2.05) is 20.0 Å². The molecule has 0 aliphatic heterocycles. The Morgan fingerprint density at radius 3 is 2.79 bits per heavy atom. The van der Waals surface area contributed by atoms with Crippen molar-refractivity contribution < 1.29 is 9.53 Å². The molecule has 0 unspecified atom stereocenters. The Labute approximate surface area is 141 Å². The van der Waals surface area contributed by atoms with Gasteiger partial charge in [-0.05, 0) is 19.9 Å². The molecule has 1 amide bonds. The van der Waals surface area contributed by atoms with Crippen LogP contribution in [0.3, 0.4) is 0 Å². The maximum absolute atomic E-state index is 12.0. The molecule has 0 aliphatic carbocycles. The van der Waals surface area contributed by atoms with E-state index in [0.29, 0.717) is 22.5 Å². The van der Waals surface area contributed by atoms with Crippen molar-refractivity contribution in [2.24, 2.45) is 7.05 Å². The first-order valence-corrected chi connectivity index (χ1v) is 7.84. The molecule has 0 fully saturated rings. The molecule has 0 saturated heterocycles. The van der Waals surface area contributed by atoms with E-state index in [4.69, 9.17) is 4.74 Å². The number of anilines is 3. The second-order valence-electron chi connectivity index (χ2n) is 4.87. The molecule has 3 aromatic rings. The van der Waals surface area contributed by atoms with E-state index in [2.05, 4.69) is 30.7 Å². The van der Waals surface area contributed by atoms with Crippen LogP contribution in [0.25, 0.3) is 0 Å². The largest absolute Gasteiger partial charge is 0.419 e. The highest BCUT2D eigenvalue weighted by Crippen LogP contribution is 2.33. The molecule has 0 radical (unpaired) electrons. The zero-order chi connectivity index (χ0) is 17.1. The topological polar surface area (TPSA) is 107 Å². The van der Waals surface area contributed by atoms with Crippen LogP contribution in [0.5, 0.6) is 5.88 Å². The molecule has 3 heterocycles. The highest BCUT2D eigenvalue weighted by atomic mass is 32.1. The summed E-state index contributed by atoms with van der Waals surface area (Å²) < 4.78 is 6.95. The van der Waals surface area contributed by atoms with Crippen LogP contribution in [0, 0.1) is 13.8 Å². The molecule has 124 valence electrons. The summed E-state index contributed by atoms with van der Waals surface area (Å²) in [6, 6.07) is 3.39. The molecule has 0 aromatic carbocycles. The van der Waals surface area contributed by atoms with Gasteiger partial charge in [0.05, 0.1) is 5.01 Å². The van der Waals surface area contributed by atoms with E-state index < -0.39 is 6.09 Å². The third kappa shape index (κ3) is 3.84. The van der Waals surface area contributed by atoms with Crippen molar-refractivity contribution in [3.05, 3.63) is 35.4 Å². The molecule has 3 aromatic heterocycles. The van der Waals surface area contributed by atoms with E-state index in [1.165, 1.54) is 11.3 Å². The summed E-state index contributed by atoms with van der Waals surface area (Å²) in [6.45, 7) is 3.56. The lowest BCUT2D eigenvalue weighted by Gasteiger charge is -2.06. The molecule has 0 atom stereocenters. The number of carbonyl (C=O) groups excluding carboxylic acids is 1. The predicted octanol–water partition coefficient (Wildman–Crippen LogP) is 2.64. The van der Waals surface area contributed by atoms with Gasteiger partial charge < -0.3 is 10.1 Å². The van der Waals surface area contributed by atoms with Crippen LogP contribution in [-0.4, -0.2) is 30.8 Å². The number of aromatic nitrogens is 5. The fourth-order valence-electron chi connectivity index (χ4n) is 1.90. The SMILES string of the molecule is Cc1nccc(NC(=O)Oc2nc(C)sc2Nc2ccn(C)n2)n1. The van der Waals surface area contributed by atoms with Crippen LogP contribution in [0.15, 0.2) is 24.5 Å². The van der Waals surface area contributed by atoms with Crippen LogP contribution in [0.1, 0.15) is 10.8 Å². The summed E-state index contributed by atoms with van der Waals surface area (Å²) in [4.78, 5) is 24.3. The molecule has 0 aliphatic rings. The minimum Gasteiger partial charge on any atom is -0.388 e. The number of carbonyl (C=O) groups is 1. The summed E-state index contributed by atoms with van der Waals surface area (Å²) >= 11 is 1.37. The van der Waals surface area contributed by atoms with Crippen molar-refractivity contribution in [2.75, 3.05) is 10.6 Å². The highest BCUT2D eigenvalue weighted by molar-refractivity contribution is 7.16. The maximum atomic E-state index is 12.0. The summed E-state index contributed by atoms with van der Waals surface area (Å²) in [6.07, 6.45) is 2.68. The molecular formula is C14H15N7O2S. The molecule has 2 N–H and O–H groups in total. The first-order chi connectivity index (χ1) is 11.5. The molecule has 3 rings (SSSR count). The Balaban J connectivity index is 1.71. The van der Waals surface area contributed by atoms with Gasteiger partial charge in [0.15, 0.2) is 10.8 Å². The summed E-state index contributed by atoms with van der Waals surface area (Å²) in [5, 5.41) is 11.2. The maximum Gasteiger partial charge on any atom is 0.419 e. The first kappa shape index (κ1) is 15.9. The summed E-state index contributed by atoms with van der Waals surface area (Å²) in [5.74, 6) is 1.73. The quantitative estimate of drug-likeness (QED) is 0.748. The van der Waals surface area contributed by atoms with Gasteiger partial charge in [0.2, 0.25) is 0 Å². The molecule has 9 nitrogen and oxygen atoms in total. The molecule has 0 saturated carbocycles. The molecule has 10 heteroatoms. The van der Waals surface area contributed by atoms with E-state index in [9.17, 15) is 4.79 Å². The zero-order valence-corrected chi connectivity index (χ0v) is 14.1. The van der Waals surface area contributed by atoms with Crippen molar-refractivity contribution in [1.82, 2.24) is 24.7 Å². The number of hydrogen-bond acceptors (Lipinski definition) is 8. The average molecular weight is 345 g/mol. The lowest BCUT2D eigenvalue weighted by Crippen LogP contribution is -2.18. The third-order valence-corrected chi connectivity index (χ3v) is 3.72. The Bertz CT molecular complexity index is 874. The number of hydrogen-bond donors (Lipinski definition) is 2. The van der Waals surface area contributed by atoms with Gasteiger partial charge in [0, 0.05) is 25.5 Å². The van der Waals surface area contributed by atoms with Crippen LogP contribution in [0.4, 0.5) is 21.4 Å². The minimum atomic E-state index is -0.678. The summed E-state index contributed by atoms with van der Waals surface area (Å²) in [7, 11) is 1.82. The van der Waals surface area contributed by atoms with Gasteiger partial charge in [-0.2, -0.15) is 5.10 Å². The Kier molecular flexibility index (Phi) is 4.38. The normalized spacial score (nSPS) is 10.5. The number of amides is 1. The van der Waals surface area contributed by atoms with Crippen LogP contribution in [-0.2, 0) is 7.05 Å². The van der Waals surface area contributed by atoms with Gasteiger partial charge in [-0.15, -0.1) is 0 Å². The number of rotatable bonds is 4. The van der Waals surface area contributed by atoms with Crippen molar-refractivity contribution in [3.8, 4) is 5.88 Å².